The van der Waals surface area contributed by atoms with Crippen molar-refractivity contribution in [1.82, 2.24) is 39.6 Å². The molecule has 0 saturated carbocycles. The summed E-state index contributed by atoms with van der Waals surface area (Å²) in [6.07, 6.45) is 10.8. The topological polar surface area (TPSA) is 94.6 Å². The molecule has 1 aliphatic heterocycles. The van der Waals surface area contributed by atoms with Crippen LogP contribution in [0.3, 0.4) is 0 Å². The van der Waals surface area contributed by atoms with Gasteiger partial charge in [0, 0.05) is 61.9 Å². The minimum Gasteiger partial charge on any atom is -0.301 e. The number of ketones is 1. The molecule has 4 aromatic heterocycles. The molecule has 0 unspecified atom stereocenters. The van der Waals surface area contributed by atoms with Crippen molar-refractivity contribution in [3.05, 3.63) is 54.5 Å². The highest BCUT2D eigenvalue weighted by Gasteiger charge is 2.22. The Labute approximate surface area is 190 Å². The summed E-state index contributed by atoms with van der Waals surface area (Å²) in [5, 5.41) is 14.4. The molecule has 0 spiro atoms. The molecule has 5 rings (SSSR count). The van der Waals surface area contributed by atoms with Gasteiger partial charge < -0.3 is 4.90 Å². The van der Waals surface area contributed by atoms with Gasteiger partial charge in [-0.1, -0.05) is 5.21 Å². The second kappa shape index (κ2) is 9.14. The van der Waals surface area contributed by atoms with Gasteiger partial charge in [0.15, 0.2) is 5.78 Å². The molecule has 0 bridgehead atoms. The lowest BCUT2D eigenvalue weighted by atomic mass is 10.1. The molecule has 0 radical (unpaired) electrons. The van der Waals surface area contributed by atoms with E-state index in [9.17, 15) is 9.18 Å². The molecule has 0 aliphatic carbocycles. The van der Waals surface area contributed by atoms with Gasteiger partial charge in [0.1, 0.15) is 12.4 Å². The summed E-state index contributed by atoms with van der Waals surface area (Å²) in [5.74, 6) is -0.121. The first-order valence-electron chi connectivity index (χ1n) is 11.1. The Bertz CT molecular complexity index is 1270. The van der Waals surface area contributed by atoms with Crippen LogP contribution in [0, 0.1) is 0 Å². The van der Waals surface area contributed by atoms with Crippen LogP contribution in [0.1, 0.15) is 35.1 Å². The first kappa shape index (κ1) is 21.3. The number of likely N-dealkylation sites (tertiary alicyclic amines) is 1. The molecule has 10 heteroatoms. The SMILES string of the molecule is Cn1cc(-c2cc3cc(CC(=O)c4cn(C5CCN(CCF)CC5)nn4)ncc3cn2)cn1. The third-order valence-electron chi connectivity index (χ3n) is 6.13. The van der Waals surface area contributed by atoms with Crippen LogP contribution in [0.4, 0.5) is 4.39 Å². The highest BCUT2D eigenvalue weighted by atomic mass is 19.1. The van der Waals surface area contributed by atoms with Crippen molar-refractivity contribution in [2.45, 2.75) is 25.3 Å². The number of nitrogens with zero attached hydrogens (tertiary/aromatic N) is 8. The maximum atomic E-state index is 12.8. The van der Waals surface area contributed by atoms with E-state index in [0.717, 1.165) is 48.0 Å². The molecule has 170 valence electrons. The quantitative estimate of drug-likeness (QED) is 0.401. The normalized spacial score (nSPS) is 15.3. The number of hydrogen-bond donors (Lipinski definition) is 0. The molecule has 33 heavy (non-hydrogen) atoms. The van der Waals surface area contributed by atoms with Crippen LogP contribution in [0.5, 0.6) is 0 Å². The Hall–Kier alpha value is -3.53. The van der Waals surface area contributed by atoms with E-state index < -0.39 is 0 Å². The van der Waals surface area contributed by atoms with Crippen molar-refractivity contribution in [3.8, 4) is 11.3 Å². The van der Waals surface area contributed by atoms with Crippen LogP contribution in [0.15, 0.2) is 43.1 Å². The van der Waals surface area contributed by atoms with Crippen LogP contribution in [-0.2, 0) is 13.5 Å². The van der Waals surface area contributed by atoms with E-state index in [-0.39, 0.29) is 24.9 Å². The highest BCUT2D eigenvalue weighted by Crippen LogP contribution is 2.23. The van der Waals surface area contributed by atoms with Crippen molar-refractivity contribution in [3.63, 3.8) is 0 Å². The number of hydrogen-bond acceptors (Lipinski definition) is 7. The average molecular weight is 449 g/mol. The number of piperidine rings is 1. The van der Waals surface area contributed by atoms with Gasteiger partial charge in [-0.05, 0) is 30.4 Å². The summed E-state index contributed by atoms with van der Waals surface area (Å²) in [6.45, 7) is 1.81. The fourth-order valence-corrected chi connectivity index (χ4v) is 4.26. The number of alkyl halides is 1. The largest absolute Gasteiger partial charge is 0.301 e. The average Bonchev–Trinajstić information content (AvgIpc) is 3.49. The van der Waals surface area contributed by atoms with Crippen LogP contribution in [-0.4, -0.2) is 71.7 Å². The molecule has 0 aromatic carbocycles. The second-order valence-electron chi connectivity index (χ2n) is 8.44. The van der Waals surface area contributed by atoms with E-state index >= 15 is 0 Å². The predicted octanol–water partition coefficient (Wildman–Crippen LogP) is 2.65. The molecule has 0 amide bonds. The Balaban J connectivity index is 1.28. The number of carbonyl (C=O) groups is 1. The van der Waals surface area contributed by atoms with Gasteiger partial charge in [0.2, 0.25) is 0 Å². The minimum absolute atomic E-state index is 0.121. The van der Waals surface area contributed by atoms with Gasteiger partial charge in [-0.15, -0.1) is 5.10 Å². The summed E-state index contributed by atoms with van der Waals surface area (Å²) < 4.78 is 16.0. The standard InChI is InChI=1S/C23H25FN8O/c1-30-14-18(13-27-30)21-9-16-8-19(25-11-17(16)12-26-21)10-23(33)22-15-32(29-28-22)20-2-5-31(6-3-20)7-4-24/h8-9,11-15,20H,2-7,10H2,1H3. The number of rotatable bonds is 7. The maximum absolute atomic E-state index is 12.8. The Morgan fingerprint density at radius 3 is 2.67 bits per heavy atom. The summed E-state index contributed by atoms with van der Waals surface area (Å²) in [7, 11) is 1.87. The van der Waals surface area contributed by atoms with Crippen LogP contribution in [0.25, 0.3) is 22.0 Å². The molecule has 1 aliphatic rings. The first-order chi connectivity index (χ1) is 16.1. The van der Waals surface area contributed by atoms with E-state index in [0.29, 0.717) is 17.9 Å². The van der Waals surface area contributed by atoms with Gasteiger partial charge in [-0.2, -0.15) is 5.10 Å². The smallest absolute Gasteiger partial charge is 0.190 e. The van der Waals surface area contributed by atoms with Crippen LogP contribution >= 0.6 is 0 Å². The number of carbonyl (C=O) groups excluding carboxylic acids is 1. The third-order valence-corrected chi connectivity index (χ3v) is 6.13. The monoisotopic (exact) mass is 448 g/mol. The first-order valence-corrected chi connectivity index (χ1v) is 11.1. The van der Waals surface area contributed by atoms with Crippen molar-refractivity contribution in [1.29, 1.82) is 0 Å². The molecular formula is C23H25FN8O. The lowest BCUT2D eigenvalue weighted by molar-refractivity contribution is 0.0987. The van der Waals surface area contributed by atoms with Gasteiger partial charge in [-0.25, -0.2) is 9.07 Å². The highest BCUT2D eigenvalue weighted by molar-refractivity contribution is 5.95. The van der Waals surface area contributed by atoms with E-state index in [4.69, 9.17) is 0 Å². The van der Waals surface area contributed by atoms with Crippen LogP contribution in [0.2, 0.25) is 0 Å². The maximum Gasteiger partial charge on any atom is 0.190 e. The number of halogens is 1. The van der Waals surface area contributed by atoms with Crippen molar-refractivity contribution < 1.29 is 9.18 Å². The van der Waals surface area contributed by atoms with Gasteiger partial charge in [0.05, 0.1) is 30.6 Å². The van der Waals surface area contributed by atoms with Crippen molar-refractivity contribution >= 4 is 16.6 Å². The molecule has 9 nitrogen and oxygen atoms in total. The minimum atomic E-state index is -0.323. The van der Waals surface area contributed by atoms with Crippen molar-refractivity contribution in [2.24, 2.45) is 7.05 Å². The predicted molar refractivity (Wildman–Crippen MR) is 120 cm³/mol. The molecule has 0 atom stereocenters. The molecule has 0 N–H and O–H groups in total. The lowest BCUT2D eigenvalue weighted by Gasteiger charge is -2.30. The summed E-state index contributed by atoms with van der Waals surface area (Å²) in [5.41, 5.74) is 2.76. The number of aromatic nitrogens is 7. The molecular weight excluding hydrogens is 423 g/mol. The Morgan fingerprint density at radius 2 is 1.91 bits per heavy atom. The Kier molecular flexibility index (Phi) is 5.91. The summed E-state index contributed by atoms with van der Waals surface area (Å²) in [4.78, 5) is 23.9. The van der Waals surface area contributed by atoms with Crippen molar-refractivity contribution in [2.75, 3.05) is 26.3 Å². The number of Topliss-reactive ketones (excluding diaryl/α,β-unsaturated/α-hetero) is 1. The van der Waals surface area contributed by atoms with E-state index in [1.165, 1.54) is 0 Å². The number of fused-ring (bicyclic) bond motifs is 1. The van der Waals surface area contributed by atoms with Gasteiger partial charge in [-0.3, -0.25) is 19.4 Å². The molecule has 5 heterocycles. The molecule has 1 saturated heterocycles. The second-order valence-corrected chi connectivity index (χ2v) is 8.44. The third kappa shape index (κ3) is 4.65. The molecule has 4 aromatic rings. The zero-order valence-corrected chi connectivity index (χ0v) is 18.4. The van der Waals surface area contributed by atoms with Crippen LogP contribution < -0.4 is 0 Å². The van der Waals surface area contributed by atoms with E-state index in [2.05, 4.69) is 30.3 Å². The zero-order valence-electron chi connectivity index (χ0n) is 18.4. The van der Waals surface area contributed by atoms with Gasteiger partial charge >= 0.3 is 0 Å². The summed E-state index contributed by atoms with van der Waals surface area (Å²) >= 11 is 0. The van der Waals surface area contributed by atoms with E-state index in [1.54, 1.807) is 34.2 Å². The Morgan fingerprint density at radius 1 is 1.09 bits per heavy atom. The fourth-order valence-electron chi connectivity index (χ4n) is 4.26. The van der Waals surface area contributed by atoms with E-state index in [1.807, 2.05) is 25.4 Å². The fraction of sp³-hybridized carbons (Fsp3) is 0.391. The summed E-state index contributed by atoms with van der Waals surface area (Å²) in [6, 6.07) is 4.08. The lowest BCUT2D eigenvalue weighted by Crippen LogP contribution is -2.36. The van der Waals surface area contributed by atoms with Gasteiger partial charge in [0.25, 0.3) is 0 Å². The number of pyridine rings is 2. The number of aryl methyl sites for hydroxylation is 1. The zero-order chi connectivity index (χ0) is 22.8. The molecule has 1 fully saturated rings.